The standard InChI is InChI=1S/C8H10O.CH5N.CH4/c1-7-3-5-8(9-2)6-4-7;1-2;/h3-6H,1-2H3;2H2,1H3;1H4. The van der Waals surface area contributed by atoms with Gasteiger partial charge < -0.3 is 10.5 Å². The molecule has 0 saturated heterocycles. The molecule has 0 radical (unpaired) electrons. The lowest BCUT2D eigenvalue weighted by Gasteiger charge is -1.97. The first kappa shape index (κ1) is 13.6. The Morgan fingerprint density at radius 2 is 1.50 bits per heavy atom. The Hall–Kier alpha value is -1.02. The van der Waals surface area contributed by atoms with Crippen molar-refractivity contribution in [2.75, 3.05) is 14.2 Å². The first-order valence-electron chi connectivity index (χ1n) is 3.51. The highest BCUT2D eigenvalue weighted by atomic mass is 16.5. The molecule has 1 rings (SSSR count). The average molecular weight is 169 g/mol. The summed E-state index contributed by atoms with van der Waals surface area (Å²) in [6.07, 6.45) is 0. The van der Waals surface area contributed by atoms with E-state index in [4.69, 9.17) is 4.74 Å². The number of ether oxygens (including phenoxy) is 1. The largest absolute Gasteiger partial charge is 0.497 e. The second kappa shape index (κ2) is 8.08. The van der Waals surface area contributed by atoms with E-state index in [0.717, 1.165) is 5.75 Å². The van der Waals surface area contributed by atoms with Crippen LogP contribution in [0.2, 0.25) is 0 Å². The quantitative estimate of drug-likeness (QED) is 0.699. The molecule has 0 bridgehead atoms. The molecule has 12 heavy (non-hydrogen) atoms. The van der Waals surface area contributed by atoms with Gasteiger partial charge in [0.15, 0.2) is 0 Å². The van der Waals surface area contributed by atoms with Crippen molar-refractivity contribution in [3.63, 3.8) is 0 Å². The summed E-state index contributed by atoms with van der Waals surface area (Å²) in [5.41, 5.74) is 5.76. The van der Waals surface area contributed by atoms with Crippen LogP contribution in [0.3, 0.4) is 0 Å². The van der Waals surface area contributed by atoms with Crippen LogP contribution in [-0.2, 0) is 0 Å². The molecule has 1 aromatic rings. The molecule has 0 aliphatic rings. The number of rotatable bonds is 1. The molecule has 0 amide bonds. The summed E-state index contributed by atoms with van der Waals surface area (Å²) in [6, 6.07) is 7.96. The van der Waals surface area contributed by atoms with Gasteiger partial charge in [-0.25, -0.2) is 0 Å². The maximum absolute atomic E-state index is 4.97. The van der Waals surface area contributed by atoms with Gasteiger partial charge in [-0.1, -0.05) is 25.1 Å². The summed E-state index contributed by atoms with van der Waals surface area (Å²) in [6.45, 7) is 2.06. The van der Waals surface area contributed by atoms with E-state index in [2.05, 4.69) is 12.7 Å². The van der Waals surface area contributed by atoms with Crippen molar-refractivity contribution in [3.05, 3.63) is 29.8 Å². The molecule has 0 fully saturated rings. The number of hydrogen-bond acceptors (Lipinski definition) is 2. The zero-order valence-electron chi connectivity index (χ0n) is 7.29. The molecule has 0 heterocycles. The Morgan fingerprint density at radius 3 is 1.83 bits per heavy atom. The SMILES string of the molecule is C.CN.COc1ccc(C)cc1. The van der Waals surface area contributed by atoms with Gasteiger partial charge in [0.1, 0.15) is 5.75 Å². The first-order valence-corrected chi connectivity index (χ1v) is 3.51. The fourth-order valence-electron chi connectivity index (χ4n) is 0.674. The predicted octanol–water partition coefficient (Wildman–Crippen LogP) is 2.21. The fraction of sp³-hybridized carbons (Fsp3) is 0.400. The van der Waals surface area contributed by atoms with Gasteiger partial charge in [0.05, 0.1) is 7.11 Å². The zero-order chi connectivity index (χ0) is 8.69. The third-order valence-electron chi connectivity index (χ3n) is 1.26. The third-order valence-corrected chi connectivity index (χ3v) is 1.26. The molecule has 0 spiro atoms. The summed E-state index contributed by atoms with van der Waals surface area (Å²) in [7, 11) is 3.17. The van der Waals surface area contributed by atoms with Crippen molar-refractivity contribution in [1.29, 1.82) is 0 Å². The highest BCUT2D eigenvalue weighted by molar-refractivity contribution is 5.25. The molecule has 0 saturated carbocycles. The van der Waals surface area contributed by atoms with E-state index in [1.54, 1.807) is 7.11 Å². The second-order valence-corrected chi connectivity index (χ2v) is 2.02. The molecule has 70 valence electrons. The smallest absolute Gasteiger partial charge is 0.118 e. The maximum Gasteiger partial charge on any atom is 0.118 e. The number of methoxy groups -OCH3 is 1. The Balaban J connectivity index is 0. The van der Waals surface area contributed by atoms with Gasteiger partial charge in [-0.15, -0.1) is 0 Å². The molecule has 0 aromatic heterocycles. The fourth-order valence-corrected chi connectivity index (χ4v) is 0.674. The lowest BCUT2D eigenvalue weighted by molar-refractivity contribution is 0.414. The van der Waals surface area contributed by atoms with Crippen LogP contribution in [0.15, 0.2) is 24.3 Å². The first-order chi connectivity index (χ1) is 5.33. The van der Waals surface area contributed by atoms with E-state index in [0.29, 0.717) is 0 Å². The molecule has 0 unspecified atom stereocenters. The molecule has 2 N–H and O–H groups in total. The number of nitrogens with two attached hydrogens (primary N) is 1. The Labute approximate surface area is 75.4 Å². The van der Waals surface area contributed by atoms with Crippen LogP contribution in [0.1, 0.15) is 13.0 Å². The summed E-state index contributed by atoms with van der Waals surface area (Å²) in [5, 5.41) is 0. The lowest BCUT2D eigenvalue weighted by Crippen LogP contribution is -1.80. The van der Waals surface area contributed by atoms with Crippen LogP contribution >= 0.6 is 0 Å². The monoisotopic (exact) mass is 169 g/mol. The van der Waals surface area contributed by atoms with Crippen LogP contribution in [0.4, 0.5) is 0 Å². The van der Waals surface area contributed by atoms with Gasteiger partial charge in [0, 0.05) is 0 Å². The van der Waals surface area contributed by atoms with Crippen molar-refractivity contribution >= 4 is 0 Å². The Morgan fingerprint density at radius 1 is 1.08 bits per heavy atom. The summed E-state index contributed by atoms with van der Waals surface area (Å²) >= 11 is 0. The average Bonchev–Trinajstić information content (AvgIpc) is 2.10. The van der Waals surface area contributed by atoms with Crippen LogP contribution in [0, 0.1) is 6.92 Å². The van der Waals surface area contributed by atoms with Crippen LogP contribution in [0.5, 0.6) is 5.75 Å². The van der Waals surface area contributed by atoms with E-state index in [9.17, 15) is 0 Å². The number of hydrogen-bond donors (Lipinski definition) is 1. The Kier molecular flexibility index (Phi) is 9.13. The van der Waals surface area contributed by atoms with E-state index >= 15 is 0 Å². The predicted molar refractivity (Wildman–Crippen MR) is 54.6 cm³/mol. The minimum Gasteiger partial charge on any atom is -0.497 e. The molecular formula is C10H19NO. The van der Waals surface area contributed by atoms with E-state index in [-0.39, 0.29) is 7.43 Å². The van der Waals surface area contributed by atoms with Crippen molar-refractivity contribution in [1.82, 2.24) is 0 Å². The molecule has 2 nitrogen and oxygen atoms in total. The normalized spacial score (nSPS) is 7.33. The minimum atomic E-state index is 0. The topological polar surface area (TPSA) is 35.2 Å². The van der Waals surface area contributed by atoms with E-state index in [1.807, 2.05) is 24.3 Å². The molecular weight excluding hydrogens is 150 g/mol. The Bertz CT molecular complexity index is 182. The molecule has 0 atom stereocenters. The molecule has 0 aliphatic carbocycles. The lowest BCUT2D eigenvalue weighted by atomic mass is 10.2. The summed E-state index contributed by atoms with van der Waals surface area (Å²) in [5.74, 6) is 0.917. The molecule has 1 aromatic carbocycles. The van der Waals surface area contributed by atoms with Crippen LogP contribution in [-0.4, -0.2) is 14.2 Å². The summed E-state index contributed by atoms with van der Waals surface area (Å²) < 4.78 is 4.97. The summed E-state index contributed by atoms with van der Waals surface area (Å²) in [4.78, 5) is 0. The van der Waals surface area contributed by atoms with Gasteiger partial charge in [0.25, 0.3) is 0 Å². The van der Waals surface area contributed by atoms with E-state index < -0.39 is 0 Å². The van der Waals surface area contributed by atoms with Crippen molar-refractivity contribution < 1.29 is 4.74 Å². The number of aryl methyl sites for hydroxylation is 1. The van der Waals surface area contributed by atoms with Crippen molar-refractivity contribution in [2.45, 2.75) is 14.4 Å². The highest BCUT2D eigenvalue weighted by Gasteiger charge is 1.85. The van der Waals surface area contributed by atoms with Crippen molar-refractivity contribution in [2.24, 2.45) is 5.73 Å². The minimum absolute atomic E-state index is 0. The van der Waals surface area contributed by atoms with Gasteiger partial charge in [-0.2, -0.15) is 0 Å². The zero-order valence-corrected chi connectivity index (χ0v) is 7.29. The van der Waals surface area contributed by atoms with Gasteiger partial charge in [0.2, 0.25) is 0 Å². The maximum atomic E-state index is 4.97. The highest BCUT2D eigenvalue weighted by Crippen LogP contribution is 2.09. The van der Waals surface area contributed by atoms with Crippen LogP contribution < -0.4 is 10.5 Å². The second-order valence-electron chi connectivity index (χ2n) is 2.02. The van der Waals surface area contributed by atoms with Crippen LogP contribution in [0.25, 0.3) is 0 Å². The van der Waals surface area contributed by atoms with Gasteiger partial charge in [-0.3, -0.25) is 0 Å². The van der Waals surface area contributed by atoms with Gasteiger partial charge in [-0.05, 0) is 26.1 Å². The third kappa shape index (κ3) is 4.74. The van der Waals surface area contributed by atoms with Gasteiger partial charge >= 0.3 is 0 Å². The molecule has 0 aliphatic heterocycles. The molecule has 2 heteroatoms. The van der Waals surface area contributed by atoms with Crippen molar-refractivity contribution in [3.8, 4) is 5.75 Å². The number of benzene rings is 1. The van der Waals surface area contributed by atoms with E-state index in [1.165, 1.54) is 12.6 Å².